The van der Waals surface area contributed by atoms with Crippen LogP contribution < -0.4 is 4.90 Å². The molecule has 2 aromatic heterocycles. The standard InChI is InChI=1S/C55H36N2O2/c1-4-13-37(14-5-1)39-23-25-41(26-24-39)46-19-10-11-22-50(46)57(44-31-27-40(28-32-44)38-15-6-2-7-16-38)45-33-29-42(30-34-45)47-20-12-21-48-52-51(58-53(47)48)36-35-49-54(52)59-55(56-49)43-17-8-3-9-18-43/h1-36H. The normalized spacial score (nSPS) is 11.4. The van der Waals surface area contributed by atoms with Crippen LogP contribution in [0.15, 0.2) is 227 Å². The Bertz CT molecular complexity index is 3220. The van der Waals surface area contributed by atoms with Gasteiger partial charge in [-0.2, -0.15) is 0 Å². The molecule has 11 rings (SSSR count). The van der Waals surface area contributed by atoms with Gasteiger partial charge in [0.2, 0.25) is 5.89 Å². The van der Waals surface area contributed by atoms with Gasteiger partial charge in [0, 0.05) is 33.5 Å². The molecule has 0 fully saturated rings. The topological polar surface area (TPSA) is 42.4 Å². The molecule has 0 aliphatic carbocycles. The van der Waals surface area contributed by atoms with Gasteiger partial charge in [-0.3, -0.25) is 0 Å². The van der Waals surface area contributed by atoms with E-state index >= 15 is 0 Å². The molecule has 0 amide bonds. The number of benzene rings is 9. The number of nitrogens with zero attached hydrogens (tertiary/aromatic N) is 2. The van der Waals surface area contributed by atoms with Crippen molar-refractivity contribution in [3.05, 3.63) is 218 Å². The predicted molar refractivity (Wildman–Crippen MR) is 243 cm³/mol. The summed E-state index contributed by atoms with van der Waals surface area (Å²) in [6, 6.07) is 76.5. The van der Waals surface area contributed by atoms with E-state index in [4.69, 9.17) is 13.8 Å². The number of anilines is 3. The zero-order valence-electron chi connectivity index (χ0n) is 32.0. The van der Waals surface area contributed by atoms with Crippen LogP contribution in [0.25, 0.3) is 89.0 Å². The number of hydrogen-bond donors (Lipinski definition) is 0. The average Bonchev–Trinajstić information content (AvgIpc) is 3.93. The SMILES string of the molecule is c1ccc(-c2ccc(-c3ccccc3N(c3ccc(-c4ccccc4)cc3)c3ccc(-c4cccc5c4oc4ccc6nc(-c7ccccc7)oc6c45)cc3)cc2)cc1. The fraction of sp³-hybridized carbons (Fsp3) is 0. The van der Waals surface area contributed by atoms with Crippen LogP contribution in [0.3, 0.4) is 0 Å². The van der Waals surface area contributed by atoms with Crippen molar-refractivity contribution in [2.45, 2.75) is 0 Å². The Morgan fingerprint density at radius 3 is 1.47 bits per heavy atom. The third kappa shape index (κ3) is 6.24. The van der Waals surface area contributed by atoms with Crippen LogP contribution in [0.5, 0.6) is 0 Å². The molecule has 2 heterocycles. The van der Waals surface area contributed by atoms with E-state index in [1.807, 2.05) is 42.5 Å². The summed E-state index contributed by atoms with van der Waals surface area (Å²) in [6.45, 7) is 0. The van der Waals surface area contributed by atoms with Gasteiger partial charge in [-0.1, -0.05) is 164 Å². The van der Waals surface area contributed by atoms with Crippen molar-refractivity contribution < 1.29 is 8.83 Å². The Balaban J connectivity index is 1.00. The maximum Gasteiger partial charge on any atom is 0.227 e. The second-order valence-electron chi connectivity index (χ2n) is 14.7. The Morgan fingerprint density at radius 2 is 0.831 bits per heavy atom. The number of hydrogen-bond acceptors (Lipinski definition) is 4. The van der Waals surface area contributed by atoms with Gasteiger partial charge in [0.05, 0.1) is 11.1 Å². The highest BCUT2D eigenvalue weighted by Gasteiger charge is 2.21. The van der Waals surface area contributed by atoms with E-state index in [0.717, 1.165) is 77.9 Å². The quantitative estimate of drug-likeness (QED) is 0.155. The second kappa shape index (κ2) is 14.5. The maximum absolute atomic E-state index is 6.63. The van der Waals surface area contributed by atoms with Crippen molar-refractivity contribution in [2.24, 2.45) is 0 Å². The number of oxazole rings is 1. The maximum atomic E-state index is 6.63. The van der Waals surface area contributed by atoms with Gasteiger partial charge in [0.15, 0.2) is 5.58 Å². The molecule has 4 heteroatoms. The average molecular weight is 757 g/mol. The van der Waals surface area contributed by atoms with Crippen molar-refractivity contribution in [3.63, 3.8) is 0 Å². The summed E-state index contributed by atoms with van der Waals surface area (Å²) >= 11 is 0. The summed E-state index contributed by atoms with van der Waals surface area (Å²) in [5.74, 6) is 0.597. The van der Waals surface area contributed by atoms with Crippen molar-refractivity contribution in [3.8, 4) is 56.0 Å². The zero-order valence-corrected chi connectivity index (χ0v) is 32.0. The van der Waals surface area contributed by atoms with Gasteiger partial charge in [0.1, 0.15) is 16.7 Å². The van der Waals surface area contributed by atoms with Crippen LogP contribution in [0, 0.1) is 0 Å². The van der Waals surface area contributed by atoms with Gasteiger partial charge in [-0.15, -0.1) is 0 Å². The summed E-state index contributed by atoms with van der Waals surface area (Å²) in [4.78, 5) is 7.18. The summed E-state index contributed by atoms with van der Waals surface area (Å²) in [5, 5.41) is 1.93. The molecule has 0 aliphatic rings. The highest BCUT2D eigenvalue weighted by molar-refractivity contribution is 6.18. The molecule has 9 aromatic carbocycles. The molecule has 0 unspecified atom stereocenters. The first-order chi connectivity index (χ1) is 29.2. The van der Waals surface area contributed by atoms with Gasteiger partial charge in [0.25, 0.3) is 0 Å². The Labute approximate surface area is 341 Å². The lowest BCUT2D eigenvalue weighted by Crippen LogP contribution is -2.11. The molecule has 0 aliphatic heterocycles. The van der Waals surface area contributed by atoms with Crippen LogP contribution in [-0.2, 0) is 0 Å². The molecule has 0 N–H and O–H groups in total. The Kier molecular flexibility index (Phi) is 8.45. The molecule has 0 radical (unpaired) electrons. The fourth-order valence-electron chi connectivity index (χ4n) is 8.24. The van der Waals surface area contributed by atoms with Gasteiger partial charge in [-0.05, 0) is 88.0 Å². The first-order valence-electron chi connectivity index (χ1n) is 19.9. The predicted octanol–water partition coefficient (Wildman–Crippen LogP) is 15.5. The highest BCUT2D eigenvalue weighted by atomic mass is 16.4. The summed E-state index contributed by atoms with van der Waals surface area (Å²) in [7, 11) is 0. The largest absolute Gasteiger partial charge is 0.455 e. The van der Waals surface area contributed by atoms with Crippen LogP contribution in [0.2, 0.25) is 0 Å². The lowest BCUT2D eigenvalue weighted by Gasteiger charge is -2.28. The van der Waals surface area contributed by atoms with Crippen LogP contribution >= 0.6 is 0 Å². The van der Waals surface area contributed by atoms with Gasteiger partial charge >= 0.3 is 0 Å². The van der Waals surface area contributed by atoms with E-state index in [-0.39, 0.29) is 0 Å². The number of rotatable bonds is 8. The minimum atomic E-state index is 0.597. The van der Waals surface area contributed by atoms with Crippen molar-refractivity contribution in [1.82, 2.24) is 4.98 Å². The first kappa shape index (κ1) is 34.3. The second-order valence-corrected chi connectivity index (χ2v) is 14.7. The van der Waals surface area contributed by atoms with Crippen molar-refractivity contribution in [1.29, 1.82) is 0 Å². The van der Waals surface area contributed by atoms with Gasteiger partial charge in [-0.25, -0.2) is 4.98 Å². The minimum Gasteiger partial charge on any atom is -0.455 e. The van der Waals surface area contributed by atoms with Gasteiger partial charge < -0.3 is 13.7 Å². The van der Waals surface area contributed by atoms with E-state index < -0.39 is 0 Å². The molecule has 0 saturated carbocycles. The smallest absolute Gasteiger partial charge is 0.227 e. The minimum absolute atomic E-state index is 0.597. The van der Waals surface area contributed by atoms with Crippen LogP contribution in [0.4, 0.5) is 17.1 Å². The van der Waals surface area contributed by atoms with E-state index in [1.165, 1.54) is 22.3 Å². The van der Waals surface area contributed by atoms with Crippen LogP contribution in [-0.4, -0.2) is 4.98 Å². The first-order valence-corrected chi connectivity index (χ1v) is 19.9. The molecule has 0 saturated heterocycles. The number of furan rings is 1. The summed E-state index contributed by atoms with van der Waals surface area (Å²) in [5.41, 5.74) is 16.4. The molecule has 59 heavy (non-hydrogen) atoms. The van der Waals surface area contributed by atoms with E-state index in [0.29, 0.717) is 5.89 Å². The number of aromatic nitrogens is 1. The van der Waals surface area contributed by atoms with Crippen LogP contribution in [0.1, 0.15) is 0 Å². The van der Waals surface area contributed by atoms with E-state index in [1.54, 1.807) is 0 Å². The van der Waals surface area contributed by atoms with Crippen molar-refractivity contribution in [2.75, 3.05) is 4.90 Å². The number of para-hydroxylation sites is 2. The third-order valence-electron chi connectivity index (χ3n) is 11.2. The Morgan fingerprint density at radius 1 is 0.339 bits per heavy atom. The zero-order chi connectivity index (χ0) is 39.1. The molecule has 0 bridgehead atoms. The van der Waals surface area contributed by atoms with E-state index in [9.17, 15) is 0 Å². The molecular weight excluding hydrogens is 721 g/mol. The summed E-state index contributed by atoms with van der Waals surface area (Å²) in [6.07, 6.45) is 0. The number of fused-ring (bicyclic) bond motifs is 5. The summed E-state index contributed by atoms with van der Waals surface area (Å²) < 4.78 is 13.1. The highest BCUT2D eigenvalue weighted by Crippen LogP contribution is 2.44. The van der Waals surface area contributed by atoms with E-state index in [2.05, 4.69) is 181 Å². The third-order valence-corrected chi connectivity index (χ3v) is 11.2. The van der Waals surface area contributed by atoms with Crippen molar-refractivity contribution >= 4 is 50.1 Å². The lowest BCUT2D eigenvalue weighted by molar-refractivity contribution is 0.622. The molecular formula is C55H36N2O2. The lowest BCUT2D eigenvalue weighted by atomic mass is 9.97. The monoisotopic (exact) mass is 756 g/mol. The fourth-order valence-corrected chi connectivity index (χ4v) is 8.24. The molecule has 0 atom stereocenters. The molecule has 0 spiro atoms. The molecule has 11 aromatic rings. The molecule has 4 nitrogen and oxygen atoms in total. The Hall–Kier alpha value is -7.95. The molecule has 278 valence electrons.